The van der Waals surface area contributed by atoms with Crippen LogP contribution < -0.4 is 0 Å². The second-order valence-electron chi connectivity index (χ2n) is 3.54. The van der Waals surface area contributed by atoms with Crippen LogP contribution in [0.15, 0.2) is 24.3 Å². The lowest BCUT2D eigenvalue weighted by molar-refractivity contribution is 0.258. The summed E-state index contributed by atoms with van der Waals surface area (Å²) in [6.07, 6.45) is 3.01. The van der Waals surface area contributed by atoms with E-state index in [1.807, 2.05) is 6.92 Å². The zero-order valence-corrected chi connectivity index (χ0v) is 8.27. The minimum atomic E-state index is 0.292. The maximum Gasteiger partial charge on any atom is 0.0433 e. The summed E-state index contributed by atoms with van der Waals surface area (Å²) < 4.78 is 0. The number of aliphatic hydroxyl groups is 1. The van der Waals surface area contributed by atoms with Crippen LogP contribution in [0.2, 0.25) is 0 Å². The summed E-state index contributed by atoms with van der Waals surface area (Å²) in [5, 5.41) is 8.67. The van der Waals surface area contributed by atoms with Crippen LogP contribution >= 0.6 is 0 Å². The molecule has 0 aliphatic carbocycles. The number of aliphatic hydroxyl groups excluding tert-OH is 1. The van der Waals surface area contributed by atoms with Gasteiger partial charge in [0.05, 0.1) is 0 Å². The molecule has 0 aromatic rings. The van der Waals surface area contributed by atoms with E-state index in [0.29, 0.717) is 12.5 Å². The summed E-state index contributed by atoms with van der Waals surface area (Å²) >= 11 is 0. The molecule has 0 bridgehead atoms. The van der Waals surface area contributed by atoms with E-state index in [0.717, 1.165) is 30.4 Å². The highest BCUT2D eigenvalue weighted by Crippen LogP contribution is 2.17. The summed E-state index contributed by atoms with van der Waals surface area (Å²) in [5.41, 5.74) is 2.21. The predicted molar refractivity (Wildman–Crippen MR) is 54.1 cm³/mol. The molecule has 0 aromatic heterocycles. The molecule has 0 rings (SSSR count). The lowest BCUT2D eigenvalue weighted by Gasteiger charge is -2.10. The van der Waals surface area contributed by atoms with Crippen molar-refractivity contribution in [1.29, 1.82) is 0 Å². The van der Waals surface area contributed by atoms with Crippen molar-refractivity contribution in [3.63, 3.8) is 0 Å². The Bertz CT molecular complexity index is 158. The Balaban J connectivity index is 3.54. The van der Waals surface area contributed by atoms with Crippen molar-refractivity contribution in [3.05, 3.63) is 24.3 Å². The van der Waals surface area contributed by atoms with Crippen LogP contribution in [0.3, 0.4) is 0 Å². The first-order valence-electron chi connectivity index (χ1n) is 4.52. The minimum Gasteiger partial charge on any atom is -0.396 e. The molecule has 0 aromatic carbocycles. The Morgan fingerprint density at radius 1 is 1.33 bits per heavy atom. The molecule has 1 unspecified atom stereocenters. The van der Waals surface area contributed by atoms with Gasteiger partial charge in [-0.2, -0.15) is 0 Å². The van der Waals surface area contributed by atoms with Crippen molar-refractivity contribution < 1.29 is 5.11 Å². The van der Waals surface area contributed by atoms with E-state index >= 15 is 0 Å². The Kier molecular flexibility index (Phi) is 5.73. The quantitative estimate of drug-likeness (QED) is 0.605. The average Bonchev–Trinajstić information content (AvgIpc) is 2.00. The Morgan fingerprint density at radius 2 is 1.92 bits per heavy atom. The fraction of sp³-hybridized carbons (Fsp3) is 0.636. The summed E-state index contributed by atoms with van der Waals surface area (Å²) in [5.74, 6) is 0.589. The smallest absolute Gasteiger partial charge is 0.0433 e. The summed E-state index contributed by atoms with van der Waals surface area (Å²) in [4.78, 5) is 0. The van der Waals surface area contributed by atoms with Crippen LogP contribution in [0, 0.1) is 5.92 Å². The van der Waals surface area contributed by atoms with E-state index in [-0.39, 0.29) is 0 Å². The molecule has 0 amide bonds. The average molecular weight is 168 g/mol. The zero-order chi connectivity index (χ0) is 9.56. The van der Waals surface area contributed by atoms with Gasteiger partial charge in [-0.05, 0) is 32.1 Å². The predicted octanol–water partition coefficient (Wildman–Crippen LogP) is 2.92. The first kappa shape index (κ1) is 11.4. The summed E-state index contributed by atoms with van der Waals surface area (Å²) in [6, 6.07) is 0. The van der Waals surface area contributed by atoms with E-state index in [2.05, 4.69) is 20.1 Å². The third-order valence-electron chi connectivity index (χ3n) is 2.16. The minimum absolute atomic E-state index is 0.292. The molecule has 0 heterocycles. The largest absolute Gasteiger partial charge is 0.396 e. The molecular formula is C11H20O. The van der Waals surface area contributed by atoms with Crippen molar-refractivity contribution in [3.8, 4) is 0 Å². The first-order chi connectivity index (χ1) is 5.57. The van der Waals surface area contributed by atoms with Crippen molar-refractivity contribution >= 4 is 0 Å². The molecule has 12 heavy (non-hydrogen) atoms. The van der Waals surface area contributed by atoms with Crippen molar-refractivity contribution in [2.24, 2.45) is 5.92 Å². The van der Waals surface area contributed by atoms with Gasteiger partial charge in [0.25, 0.3) is 0 Å². The molecular weight excluding hydrogens is 148 g/mol. The standard InChI is InChI=1S/C11H20O/c1-9(2)11(4)6-5-10(3)7-8-12/h10,12H,1,4-8H2,2-3H3. The second kappa shape index (κ2) is 6.01. The highest BCUT2D eigenvalue weighted by molar-refractivity contribution is 5.22. The van der Waals surface area contributed by atoms with Gasteiger partial charge in [-0.15, -0.1) is 0 Å². The maximum absolute atomic E-state index is 8.67. The molecule has 1 nitrogen and oxygen atoms in total. The van der Waals surface area contributed by atoms with Crippen molar-refractivity contribution in [2.45, 2.75) is 33.1 Å². The highest BCUT2D eigenvalue weighted by atomic mass is 16.2. The molecule has 0 aliphatic rings. The van der Waals surface area contributed by atoms with Crippen molar-refractivity contribution in [2.75, 3.05) is 6.61 Å². The van der Waals surface area contributed by atoms with E-state index < -0.39 is 0 Å². The SMILES string of the molecule is C=C(C)C(=C)CCC(C)CCO. The molecule has 0 radical (unpaired) electrons. The van der Waals surface area contributed by atoms with Gasteiger partial charge < -0.3 is 5.11 Å². The van der Waals surface area contributed by atoms with Gasteiger partial charge in [-0.1, -0.05) is 31.2 Å². The van der Waals surface area contributed by atoms with Gasteiger partial charge in [-0.3, -0.25) is 0 Å². The molecule has 0 spiro atoms. The van der Waals surface area contributed by atoms with E-state index in [4.69, 9.17) is 5.11 Å². The Morgan fingerprint density at radius 3 is 2.33 bits per heavy atom. The van der Waals surface area contributed by atoms with Gasteiger partial charge in [0.15, 0.2) is 0 Å². The van der Waals surface area contributed by atoms with Crippen LogP contribution in [0.25, 0.3) is 0 Å². The number of hydrogen-bond acceptors (Lipinski definition) is 1. The van der Waals surface area contributed by atoms with Gasteiger partial charge in [0, 0.05) is 6.61 Å². The zero-order valence-electron chi connectivity index (χ0n) is 8.27. The van der Waals surface area contributed by atoms with Crippen molar-refractivity contribution in [1.82, 2.24) is 0 Å². The third kappa shape index (κ3) is 5.14. The molecule has 1 atom stereocenters. The fourth-order valence-electron chi connectivity index (χ4n) is 0.999. The monoisotopic (exact) mass is 168 g/mol. The third-order valence-corrected chi connectivity index (χ3v) is 2.16. The normalized spacial score (nSPS) is 12.6. The van der Waals surface area contributed by atoms with Crippen LogP contribution in [0.1, 0.15) is 33.1 Å². The maximum atomic E-state index is 8.67. The van der Waals surface area contributed by atoms with Gasteiger partial charge >= 0.3 is 0 Å². The van der Waals surface area contributed by atoms with Crippen LogP contribution in [-0.2, 0) is 0 Å². The van der Waals surface area contributed by atoms with Gasteiger partial charge in [0.1, 0.15) is 0 Å². The number of rotatable bonds is 6. The lowest BCUT2D eigenvalue weighted by atomic mass is 9.97. The van der Waals surface area contributed by atoms with E-state index in [9.17, 15) is 0 Å². The molecule has 0 fully saturated rings. The van der Waals surface area contributed by atoms with E-state index in [1.54, 1.807) is 0 Å². The van der Waals surface area contributed by atoms with E-state index in [1.165, 1.54) is 0 Å². The fourth-order valence-corrected chi connectivity index (χ4v) is 0.999. The number of hydrogen-bond donors (Lipinski definition) is 1. The summed E-state index contributed by atoms with van der Waals surface area (Å²) in [7, 11) is 0. The molecule has 0 saturated carbocycles. The second-order valence-corrected chi connectivity index (χ2v) is 3.54. The topological polar surface area (TPSA) is 20.2 Å². The molecule has 1 heteroatoms. The molecule has 1 N–H and O–H groups in total. The van der Waals surface area contributed by atoms with Gasteiger partial charge in [0.2, 0.25) is 0 Å². The molecule has 0 saturated heterocycles. The number of allylic oxidation sites excluding steroid dienone is 2. The first-order valence-corrected chi connectivity index (χ1v) is 4.52. The Hall–Kier alpha value is -0.560. The Labute approximate surface area is 75.8 Å². The highest BCUT2D eigenvalue weighted by Gasteiger charge is 2.02. The lowest BCUT2D eigenvalue weighted by Crippen LogP contribution is -1.98. The molecule has 0 aliphatic heterocycles. The van der Waals surface area contributed by atoms with Gasteiger partial charge in [-0.25, -0.2) is 0 Å². The van der Waals surface area contributed by atoms with Crippen LogP contribution in [-0.4, -0.2) is 11.7 Å². The molecule has 70 valence electrons. The van der Waals surface area contributed by atoms with Crippen LogP contribution in [0.5, 0.6) is 0 Å². The van der Waals surface area contributed by atoms with Crippen LogP contribution in [0.4, 0.5) is 0 Å². The summed E-state index contributed by atoms with van der Waals surface area (Å²) in [6.45, 7) is 12.2.